The summed E-state index contributed by atoms with van der Waals surface area (Å²) in [5.74, 6) is -0.709. The smallest absolute Gasteiger partial charge is 0.235 e. The summed E-state index contributed by atoms with van der Waals surface area (Å²) >= 11 is 0. The lowest BCUT2D eigenvalue weighted by molar-refractivity contribution is -0.118. The third kappa shape index (κ3) is 1.27. The van der Waals surface area contributed by atoms with Gasteiger partial charge in [0.15, 0.2) is 17.1 Å². The van der Waals surface area contributed by atoms with Gasteiger partial charge >= 0.3 is 0 Å². The third-order valence-electron chi connectivity index (χ3n) is 6.74. The van der Waals surface area contributed by atoms with Crippen molar-refractivity contribution in [3.8, 4) is 0 Å². The molecule has 5 rings (SSSR count). The van der Waals surface area contributed by atoms with Crippen LogP contribution in [0.4, 0.5) is 0 Å². The van der Waals surface area contributed by atoms with Gasteiger partial charge in [0.2, 0.25) is 17.2 Å². The first-order valence-corrected chi connectivity index (χ1v) is 8.54. The molecule has 0 unspecified atom stereocenters. The molecule has 0 amide bonds. The Bertz CT molecular complexity index is 990. The van der Waals surface area contributed by atoms with Gasteiger partial charge in [0.05, 0.1) is 5.56 Å². The first-order chi connectivity index (χ1) is 11.7. The molecule has 0 bridgehead atoms. The number of hydrogen-bond donors (Lipinski definition) is 0. The Morgan fingerprint density at radius 3 is 2.52 bits per heavy atom. The SMILES string of the molecule is CC1=C(C)C2=CC(=O)[C@@]34O[C@@]3(C(=O)c3oc(C)cc3C4=O)[C@@]2(C)CC1. The van der Waals surface area contributed by atoms with Crippen LogP contribution in [0, 0.1) is 12.3 Å². The van der Waals surface area contributed by atoms with Crippen molar-refractivity contribution in [2.24, 2.45) is 5.41 Å². The van der Waals surface area contributed by atoms with E-state index in [1.807, 2.05) is 20.8 Å². The Morgan fingerprint density at radius 2 is 1.80 bits per heavy atom. The fourth-order valence-corrected chi connectivity index (χ4v) is 5.17. The Kier molecular flexibility index (Phi) is 2.36. The van der Waals surface area contributed by atoms with Crippen LogP contribution < -0.4 is 0 Å². The number of allylic oxidation sites excluding steroid dienone is 2. The van der Waals surface area contributed by atoms with Crippen molar-refractivity contribution in [1.82, 2.24) is 0 Å². The highest BCUT2D eigenvalue weighted by Gasteiger charge is 2.91. The molecule has 1 aliphatic heterocycles. The number of aryl methyl sites for hydroxylation is 1. The monoisotopic (exact) mass is 338 g/mol. The minimum atomic E-state index is -1.70. The summed E-state index contributed by atoms with van der Waals surface area (Å²) in [6.07, 6.45) is 3.00. The fourth-order valence-electron chi connectivity index (χ4n) is 5.17. The van der Waals surface area contributed by atoms with E-state index < -0.39 is 28.2 Å². The predicted molar refractivity (Wildman–Crippen MR) is 87.5 cm³/mol. The van der Waals surface area contributed by atoms with Crippen molar-refractivity contribution in [3.05, 3.63) is 45.9 Å². The molecule has 4 aliphatic rings. The third-order valence-corrected chi connectivity index (χ3v) is 6.74. The van der Waals surface area contributed by atoms with Crippen molar-refractivity contribution >= 4 is 17.3 Å². The Labute approximate surface area is 144 Å². The molecule has 25 heavy (non-hydrogen) atoms. The second-order valence-electron chi connectivity index (χ2n) is 7.88. The van der Waals surface area contributed by atoms with E-state index in [1.165, 1.54) is 17.7 Å². The van der Waals surface area contributed by atoms with Crippen LogP contribution in [-0.2, 0) is 9.53 Å². The molecule has 3 atom stereocenters. The predicted octanol–water partition coefficient (Wildman–Crippen LogP) is 3.12. The molecule has 1 aromatic heterocycles. The molecule has 1 fully saturated rings. The van der Waals surface area contributed by atoms with Crippen molar-refractivity contribution < 1.29 is 23.5 Å². The van der Waals surface area contributed by atoms with Crippen LogP contribution >= 0.6 is 0 Å². The number of ketones is 3. The maximum Gasteiger partial charge on any atom is 0.235 e. The molecule has 3 aliphatic carbocycles. The molecule has 1 aromatic rings. The maximum absolute atomic E-state index is 13.4. The number of furan rings is 1. The van der Waals surface area contributed by atoms with Crippen LogP contribution in [0.1, 0.15) is 60.3 Å². The average Bonchev–Trinajstić information content (AvgIpc) is 3.18. The van der Waals surface area contributed by atoms with Crippen molar-refractivity contribution in [3.63, 3.8) is 0 Å². The van der Waals surface area contributed by atoms with Gasteiger partial charge in [0.1, 0.15) is 5.76 Å². The number of Topliss-reactive ketones (excluding diaryl/α,β-unsaturated/α-hetero) is 2. The fraction of sp³-hybridized carbons (Fsp3) is 0.450. The summed E-state index contributed by atoms with van der Waals surface area (Å²) in [6, 6.07) is 1.53. The standard InChI is InChI=1S/C20H18O5/c1-9-5-6-18(4)13(11(9)3)8-14(21)19-16(22)12-7-10(2)24-15(12)17(23)20(18,19)25-19/h7-8H,5-6H2,1-4H3/t18-,19-,20-/m0/s1. The first kappa shape index (κ1) is 15.0. The lowest BCUT2D eigenvalue weighted by atomic mass is 9.52. The van der Waals surface area contributed by atoms with Gasteiger partial charge in [-0.2, -0.15) is 0 Å². The van der Waals surface area contributed by atoms with Gasteiger partial charge in [-0.05, 0) is 56.9 Å². The number of rotatable bonds is 0. The quantitative estimate of drug-likeness (QED) is 0.536. The van der Waals surface area contributed by atoms with Gasteiger partial charge < -0.3 is 9.15 Å². The van der Waals surface area contributed by atoms with Gasteiger partial charge in [0.25, 0.3) is 0 Å². The second kappa shape index (κ2) is 3.93. The molecule has 5 nitrogen and oxygen atoms in total. The van der Waals surface area contributed by atoms with Gasteiger partial charge in [-0.1, -0.05) is 12.5 Å². The van der Waals surface area contributed by atoms with E-state index in [-0.39, 0.29) is 17.1 Å². The molecule has 2 heterocycles. The first-order valence-electron chi connectivity index (χ1n) is 8.54. The van der Waals surface area contributed by atoms with E-state index in [1.54, 1.807) is 6.92 Å². The molecule has 128 valence electrons. The van der Waals surface area contributed by atoms with E-state index in [2.05, 4.69) is 0 Å². The number of ether oxygens (including phenoxy) is 1. The van der Waals surface area contributed by atoms with E-state index in [4.69, 9.17) is 9.15 Å². The zero-order valence-electron chi connectivity index (χ0n) is 14.6. The number of hydrogen-bond acceptors (Lipinski definition) is 5. The molecular formula is C20H18O5. The van der Waals surface area contributed by atoms with E-state index >= 15 is 0 Å². The zero-order valence-corrected chi connectivity index (χ0v) is 14.6. The summed E-state index contributed by atoms with van der Waals surface area (Å²) in [4.78, 5) is 39.5. The highest BCUT2D eigenvalue weighted by Crippen LogP contribution is 2.71. The van der Waals surface area contributed by atoms with Crippen molar-refractivity contribution in [2.75, 3.05) is 0 Å². The summed E-state index contributed by atoms with van der Waals surface area (Å²) < 4.78 is 11.4. The number of carbonyl (C=O) groups excluding carboxylic acids is 3. The lowest BCUT2D eigenvalue weighted by Gasteiger charge is -2.45. The van der Waals surface area contributed by atoms with Gasteiger partial charge in [-0.3, -0.25) is 14.4 Å². The molecular weight excluding hydrogens is 320 g/mol. The second-order valence-corrected chi connectivity index (χ2v) is 7.88. The van der Waals surface area contributed by atoms with Crippen molar-refractivity contribution in [2.45, 2.75) is 51.7 Å². The maximum atomic E-state index is 13.4. The molecule has 5 heteroatoms. The molecule has 0 aromatic carbocycles. The zero-order chi connectivity index (χ0) is 17.9. The van der Waals surface area contributed by atoms with Crippen LogP contribution in [0.2, 0.25) is 0 Å². The van der Waals surface area contributed by atoms with Gasteiger partial charge in [-0.25, -0.2) is 0 Å². The number of fused-ring (bicyclic) bond motifs is 2. The molecule has 0 spiro atoms. The molecule has 0 radical (unpaired) electrons. The summed E-state index contributed by atoms with van der Waals surface area (Å²) in [6.45, 7) is 7.63. The van der Waals surface area contributed by atoms with Crippen LogP contribution in [0.15, 0.2) is 33.3 Å². The summed E-state index contributed by atoms with van der Waals surface area (Å²) in [7, 11) is 0. The number of epoxide rings is 1. The average molecular weight is 338 g/mol. The normalized spacial score (nSPS) is 38.7. The summed E-state index contributed by atoms with van der Waals surface area (Å²) in [5.41, 5.74) is -0.664. The highest BCUT2D eigenvalue weighted by molar-refractivity contribution is 6.36. The minimum absolute atomic E-state index is 0.0369. The number of carbonyl (C=O) groups is 3. The van der Waals surface area contributed by atoms with Crippen LogP contribution in [0.5, 0.6) is 0 Å². The summed E-state index contributed by atoms with van der Waals surface area (Å²) in [5, 5.41) is 0. The molecule has 0 N–H and O–H groups in total. The topological polar surface area (TPSA) is 76.9 Å². The molecule has 0 saturated carbocycles. The highest BCUT2D eigenvalue weighted by atomic mass is 16.6. The Balaban J connectivity index is 1.84. The Morgan fingerprint density at radius 1 is 1.08 bits per heavy atom. The van der Waals surface area contributed by atoms with Crippen LogP contribution in [0.25, 0.3) is 0 Å². The largest absolute Gasteiger partial charge is 0.457 e. The Hall–Kier alpha value is -2.27. The van der Waals surface area contributed by atoms with E-state index in [9.17, 15) is 14.4 Å². The lowest BCUT2D eigenvalue weighted by Crippen LogP contribution is -2.60. The van der Waals surface area contributed by atoms with Gasteiger partial charge in [-0.15, -0.1) is 0 Å². The van der Waals surface area contributed by atoms with E-state index in [0.29, 0.717) is 12.2 Å². The molecule has 1 saturated heterocycles. The van der Waals surface area contributed by atoms with Gasteiger partial charge in [0, 0.05) is 5.41 Å². The van der Waals surface area contributed by atoms with Crippen LogP contribution in [0.3, 0.4) is 0 Å². The van der Waals surface area contributed by atoms with Crippen molar-refractivity contribution in [1.29, 1.82) is 0 Å². The van der Waals surface area contributed by atoms with Crippen LogP contribution in [-0.4, -0.2) is 28.6 Å². The van der Waals surface area contributed by atoms with E-state index in [0.717, 1.165) is 17.6 Å². The minimum Gasteiger partial charge on any atom is -0.457 e.